The van der Waals surface area contributed by atoms with E-state index in [-0.39, 0.29) is 11.8 Å². The first kappa shape index (κ1) is 20.4. The lowest BCUT2D eigenvalue weighted by molar-refractivity contribution is -0.129. The van der Waals surface area contributed by atoms with E-state index in [0.29, 0.717) is 31.1 Å². The molecule has 2 N–H and O–H groups in total. The molecule has 7 nitrogen and oxygen atoms in total. The SMILES string of the molecule is Cc1nc(C2(NC(=O)CCCNC(=O)C(C)(C)C)CCCCCC2)no1. The van der Waals surface area contributed by atoms with Crippen molar-refractivity contribution in [3.05, 3.63) is 11.7 Å². The van der Waals surface area contributed by atoms with Crippen molar-refractivity contribution < 1.29 is 14.1 Å². The Morgan fingerprint density at radius 2 is 1.81 bits per heavy atom. The van der Waals surface area contributed by atoms with Crippen molar-refractivity contribution in [2.75, 3.05) is 6.54 Å². The first-order chi connectivity index (χ1) is 12.2. The Kier molecular flexibility index (Phi) is 6.78. The van der Waals surface area contributed by atoms with Gasteiger partial charge in [0.15, 0.2) is 5.82 Å². The fourth-order valence-electron chi connectivity index (χ4n) is 3.28. The molecule has 0 spiro atoms. The van der Waals surface area contributed by atoms with Gasteiger partial charge >= 0.3 is 0 Å². The molecule has 1 heterocycles. The predicted molar refractivity (Wildman–Crippen MR) is 98.3 cm³/mol. The van der Waals surface area contributed by atoms with Gasteiger partial charge < -0.3 is 15.2 Å². The monoisotopic (exact) mass is 364 g/mol. The van der Waals surface area contributed by atoms with Crippen molar-refractivity contribution in [3.8, 4) is 0 Å². The van der Waals surface area contributed by atoms with Crippen LogP contribution in [0.25, 0.3) is 0 Å². The summed E-state index contributed by atoms with van der Waals surface area (Å²) in [5.41, 5.74) is -0.941. The van der Waals surface area contributed by atoms with Gasteiger partial charge in [-0.25, -0.2) is 0 Å². The van der Waals surface area contributed by atoms with E-state index in [4.69, 9.17) is 4.52 Å². The van der Waals surface area contributed by atoms with Crippen LogP contribution in [-0.2, 0) is 15.1 Å². The molecule has 146 valence electrons. The highest BCUT2D eigenvalue weighted by molar-refractivity contribution is 5.81. The van der Waals surface area contributed by atoms with Crippen LogP contribution in [0.15, 0.2) is 4.52 Å². The number of nitrogens with one attached hydrogen (secondary N) is 2. The van der Waals surface area contributed by atoms with E-state index in [1.165, 1.54) is 0 Å². The molecule has 0 aliphatic heterocycles. The summed E-state index contributed by atoms with van der Waals surface area (Å²) in [5.74, 6) is 1.08. The Morgan fingerprint density at radius 3 is 2.35 bits per heavy atom. The highest BCUT2D eigenvalue weighted by Crippen LogP contribution is 2.34. The molecular weight excluding hydrogens is 332 g/mol. The quantitative estimate of drug-likeness (QED) is 0.597. The fraction of sp³-hybridized carbons (Fsp3) is 0.789. The molecule has 2 rings (SSSR count). The van der Waals surface area contributed by atoms with Gasteiger partial charge in [-0.05, 0) is 19.3 Å². The number of nitrogens with zero attached hydrogens (tertiary/aromatic N) is 2. The molecule has 0 unspecified atom stereocenters. The summed E-state index contributed by atoms with van der Waals surface area (Å²) in [6.07, 6.45) is 7.03. The van der Waals surface area contributed by atoms with Crippen LogP contribution < -0.4 is 10.6 Å². The smallest absolute Gasteiger partial charge is 0.225 e. The fourth-order valence-corrected chi connectivity index (χ4v) is 3.28. The molecule has 2 amide bonds. The summed E-state index contributed by atoms with van der Waals surface area (Å²) in [7, 11) is 0. The van der Waals surface area contributed by atoms with Crippen molar-refractivity contribution in [2.24, 2.45) is 5.41 Å². The van der Waals surface area contributed by atoms with Gasteiger partial charge in [0.1, 0.15) is 5.54 Å². The van der Waals surface area contributed by atoms with Crippen molar-refractivity contribution in [3.63, 3.8) is 0 Å². The summed E-state index contributed by atoms with van der Waals surface area (Å²) < 4.78 is 5.16. The summed E-state index contributed by atoms with van der Waals surface area (Å²) in [4.78, 5) is 28.8. The minimum atomic E-state index is -0.528. The summed E-state index contributed by atoms with van der Waals surface area (Å²) >= 11 is 0. The van der Waals surface area contributed by atoms with Crippen molar-refractivity contribution in [1.82, 2.24) is 20.8 Å². The number of carbonyl (C=O) groups excluding carboxylic acids is 2. The molecule has 26 heavy (non-hydrogen) atoms. The molecular formula is C19H32N4O3. The number of aromatic nitrogens is 2. The third kappa shape index (κ3) is 5.54. The lowest BCUT2D eigenvalue weighted by Gasteiger charge is -2.30. The molecule has 0 atom stereocenters. The molecule has 0 radical (unpaired) electrons. The molecule has 1 saturated carbocycles. The molecule has 1 aliphatic rings. The lowest BCUT2D eigenvalue weighted by atomic mass is 9.89. The molecule has 0 aromatic carbocycles. The maximum Gasteiger partial charge on any atom is 0.225 e. The van der Waals surface area contributed by atoms with E-state index in [2.05, 4.69) is 20.8 Å². The third-order valence-corrected chi connectivity index (χ3v) is 4.84. The number of hydrogen-bond acceptors (Lipinski definition) is 5. The minimum Gasteiger partial charge on any atom is -0.356 e. The summed E-state index contributed by atoms with van der Waals surface area (Å²) in [6, 6.07) is 0. The third-order valence-electron chi connectivity index (χ3n) is 4.84. The number of aryl methyl sites for hydroxylation is 1. The number of rotatable bonds is 6. The van der Waals surface area contributed by atoms with E-state index in [1.807, 2.05) is 20.8 Å². The Morgan fingerprint density at radius 1 is 1.15 bits per heavy atom. The molecule has 1 fully saturated rings. The number of amides is 2. The van der Waals surface area contributed by atoms with Gasteiger partial charge in [0.25, 0.3) is 0 Å². The minimum absolute atomic E-state index is 0.000388. The van der Waals surface area contributed by atoms with Gasteiger partial charge in [0, 0.05) is 25.3 Å². The highest BCUT2D eigenvalue weighted by atomic mass is 16.5. The second-order valence-corrected chi connectivity index (χ2v) is 8.29. The van der Waals surface area contributed by atoms with E-state index >= 15 is 0 Å². The zero-order chi connectivity index (χ0) is 19.2. The van der Waals surface area contributed by atoms with Crippen LogP contribution in [0.3, 0.4) is 0 Å². The lowest BCUT2D eigenvalue weighted by Crippen LogP contribution is -2.46. The number of hydrogen-bond donors (Lipinski definition) is 2. The van der Waals surface area contributed by atoms with Crippen LogP contribution in [0, 0.1) is 12.3 Å². The largest absolute Gasteiger partial charge is 0.356 e. The van der Waals surface area contributed by atoms with Gasteiger partial charge in [-0.3, -0.25) is 9.59 Å². The molecule has 1 aromatic rings. The highest BCUT2D eigenvalue weighted by Gasteiger charge is 2.38. The van der Waals surface area contributed by atoms with Gasteiger partial charge in [0.05, 0.1) is 0 Å². The van der Waals surface area contributed by atoms with E-state index in [9.17, 15) is 9.59 Å². The van der Waals surface area contributed by atoms with Crippen LogP contribution in [-0.4, -0.2) is 28.5 Å². The Balaban J connectivity index is 1.91. The first-order valence-corrected chi connectivity index (χ1v) is 9.63. The zero-order valence-corrected chi connectivity index (χ0v) is 16.5. The van der Waals surface area contributed by atoms with Crippen molar-refractivity contribution in [1.29, 1.82) is 0 Å². The molecule has 7 heteroatoms. The zero-order valence-electron chi connectivity index (χ0n) is 16.5. The average molecular weight is 364 g/mol. The van der Waals surface area contributed by atoms with Crippen molar-refractivity contribution >= 4 is 11.8 Å². The normalized spacial score (nSPS) is 17.4. The second kappa shape index (κ2) is 8.64. The van der Waals surface area contributed by atoms with Gasteiger partial charge in [-0.2, -0.15) is 4.98 Å². The van der Waals surface area contributed by atoms with Crippen LogP contribution in [0.5, 0.6) is 0 Å². The van der Waals surface area contributed by atoms with Gasteiger partial charge in [-0.15, -0.1) is 0 Å². The van der Waals surface area contributed by atoms with Crippen LogP contribution in [0.2, 0.25) is 0 Å². The van der Waals surface area contributed by atoms with Gasteiger partial charge in [-0.1, -0.05) is 51.6 Å². The maximum atomic E-state index is 12.5. The molecule has 0 saturated heterocycles. The average Bonchev–Trinajstić information content (AvgIpc) is 2.86. The number of carbonyl (C=O) groups is 2. The molecule has 1 aromatic heterocycles. The Labute approximate surface area is 155 Å². The van der Waals surface area contributed by atoms with E-state index in [0.717, 1.165) is 38.5 Å². The Bertz CT molecular complexity index is 611. The van der Waals surface area contributed by atoms with E-state index < -0.39 is 11.0 Å². The standard InChI is InChI=1S/C19H32N4O3/c1-14-21-16(23-26-14)19(11-7-5-6-8-12-19)22-15(24)10-9-13-20-17(25)18(2,3)4/h5-13H2,1-4H3,(H,20,25)(H,22,24). The van der Waals surface area contributed by atoms with Crippen LogP contribution in [0.4, 0.5) is 0 Å². The van der Waals surface area contributed by atoms with Crippen LogP contribution >= 0.6 is 0 Å². The molecule has 0 bridgehead atoms. The molecule has 1 aliphatic carbocycles. The second-order valence-electron chi connectivity index (χ2n) is 8.29. The van der Waals surface area contributed by atoms with Gasteiger partial charge in [0.2, 0.25) is 17.7 Å². The summed E-state index contributed by atoms with van der Waals surface area (Å²) in [5, 5.41) is 10.2. The van der Waals surface area contributed by atoms with E-state index in [1.54, 1.807) is 6.92 Å². The first-order valence-electron chi connectivity index (χ1n) is 9.63. The summed E-state index contributed by atoms with van der Waals surface area (Å²) in [6.45, 7) is 7.88. The van der Waals surface area contributed by atoms with Crippen molar-refractivity contribution in [2.45, 2.75) is 84.6 Å². The Hall–Kier alpha value is -1.92. The topological polar surface area (TPSA) is 97.1 Å². The maximum absolute atomic E-state index is 12.5. The predicted octanol–water partition coefficient (Wildman–Crippen LogP) is 2.99. The van der Waals surface area contributed by atoms with Crippen LogP contribution in [0.1, 0.15) is 83.9 Å².